The molecule has 4 rings (SSSR count). The maximum absolute atomic E-state index is 12.5. The Balaban J connectivity index is 1.45. The molecule has 0 spiro atoms. The van der Waals surface area contributed by atoms with Crippen molar-refractivity contribution in [3.8, 4) is 10.6 Å². The lowest BCUT2D eigenvalue weighted by atomic mass is 10.1. The predicted octanol–water partition coefficient (Wildman–Crippen LogP) is 1.19. The standard InChI is InChI=1S/C15H17N7OS/c1-9-19-20-13-4-3-11(7-22(9)13)17-14(23)12-8-24-15(18-12)10-5-16-21(2)6-10/h5-6,8,11H,3-4,7H2,1-2H3,(H,17,23)/t11-/m1/s1. The lowest BCUT2D eigenvalue weighted by Crippen LogP contribution is -2.41. The minimum atomic E-state index is -0.138. The van der Waals surface area contributed by atoms with Gasteiger partial charge in [-0.1, -0.05) is 0 Å². The van der Waals surface area contributed by atoms with Gasteiger partial charge in [0.05, 0.1) is 6.20 Å². The summed E-state index contributed by atoms with van der Waals surface area (Å²) >= 11 is 1.45. The van der Waals surface area contributed by atoms with Gasteiger partial charge < -0.3 is 9.88 Å². The SMILES string of the molecule is Cc1nnc2n1C[C@H](NC(=O)c1csc(-c3cnn(C)c3)n1)CC2. The molecule has 4 heterocycles. The van der Waals surface area contributed by atoms with Crippen molar-refractivity contribution >= 4 is 17.2 Å². The van der Waals surface area contributed by atoms with E-state index in [1.807, 2.05) is 20.2 Å². The van der Waals surface area contributed by atoms with Crippen molar-refractivity contribution in [3.05, 3.63) is 35.1 Å². The smallest absolute Gasteiger partial charge is 0.271 e. The van der Waals surface area contributed by atoms with Crippen molar-refractivity contribution in [3.63, 3.8) is 0 Å². The number of amides is 1. The molecule has 124 valence electrons. The maximum Gasteiger partial charge on any atom is 0.271 e. The second-order valence-electron chi connectivity index (χ2n) is 5.92. The Hall–Kier alpha value is -2.55. The molecule has 1 atom stereocenters. The third kappa shape index (κ3) is 2.71. The molecule has 0 unspecified atom stereocenters. The first-order valence-electron chi connectivity index (χ1n) is 7.74. The highest BCUT2D eigenvalue weighted by Gasteiger charge is 2.24. The first-order chi connectivity index (χ1) is 11.6. The lowest BCUT2D eigenvalue weighted by molar-refractivity contribution is 0.0923. The van der Waals surface area contributed by atoms with Crippen molar-refractivity contribution in [2.24, 2.45) is 7.05 Å². The van der Waals surface area contributed by atoms with Crippen molar-refractivity contribution in [2.75, 3.05) is 0 Å². The number of hydrogen-bond acceptors (Lipinski definition) is 6. The van der Waals surface area contributed by atoms with Crippen LogP contribution in [0, 0.1) is 6.92 Å². The van der Waals surface area contributed by atoms with Crippen LogP contribution in [0.25, 0.3) is 10.6 Å². The van der Waals surface area contributed by atoms with Crippen molar-refractivity contribution < 1.29 is 4.79 Å². The van der Waals surface area contributed by atoms with E-state index >= 15 is 0 Å². The van der Waals surface area contributed by atoms with E-state index in [-0.39, 0.29) is 11.9 Å². The molecular weight excluding hydrogens is 326 g/mol. The van der Waals surface area contributed by atoms with Crippen molar-refractivity contribution in [2.45, 2.75) is 32.4 Å². The van der Waals surface area contributed by atoms with Gasteiger partial charge in [-0.25, -0.2) is 4.98 Å². The molecule has 1 aliphatic heterocycles. The van der Waals surface area contributed by atoms with Crippen molar-refractivity contribution in [1.82, 2.24) is 34.8 Å². The Labute approximate surface area is 142 Å². The average Bonchev–Trinajstić information content (AvgIpc) is 3.28. The summed E-state index contributed by atoms with van der Waals surface area (Å²) in [6, 6.07) is 0.0724. The van der Waals surface area contributed by atoms with Crippen LogP contribution in [0.1, 0.15) is 28.6 Å². The zero-order valence-electron chi connectivity index (χ0n) is 13.4. The van der Waals surface area contributed by atoms with Gasteiger partial charge in [0, 0.05) is 43.2 Å². The Bertz CT molecular complexity index is 893. The van der Waals surface area contributed by atoms with Gasteiger partial charge in [-0.3, -0.25) is 9.48 Å². The van der Waals surface area contributed by atoms with Crippen LogP contribution < -0.4 is 5.32 Å². The minimum Gasteiger partial charge on any atom is -0.346 e. The predicted molar refractivity (Wildman–Crippen MR) is 88.7 cm³/mol. The van der Waals surface area contributed by atoms with Crippen LogP contribution >= 0.6 is 11.3 Å². The monoisotopic (exact) mass is 343 g/mol. The van der Waals surface area contributed by atoms with E-state index in [2.05, 4.69) is 30.2 Å². The summed E-state index contributed by atoms with van der Waals surface area (Å²) in [6.45, 7) is 2.64. The number of carbonyl (C=O) groups excluding carboxylic acids is 1. The zero-order valence-corrected chi connectivity index (χ0v) is 14.2. The fraction of sp³-hybridized carbons (Fsp3) is 0.400. The molecule has 24 heavy (non-hydrogen) atoms. The highest BCUT2D eigenvalue weighted by atomic mass is 32.1. The van der Waals surface area contributed by atoms with Crippen LogP contribution in [0.3, 0.4) is 0 Å². The number of fused-ring (bicyclic) bond motifs is 1. The van der Waals surface area contributed by atoms with Crippen LogP contribution in [0.5, 0.6) is 0 Å². The number of aromatic nitrogens is 6. The summed E-state index contributed by atoms with van der Waals surface area (Å²) in [4.78, 5) is 16.9. The van der Waals surface area contributed by atoms with E-state index in [1.165, 1.54) is 11.3 Å². The normalized spacial score (nSPS) is 16.8. The molecule has 9 heteroatoms. The largest absolute Gasteiger partial charge is 0.346 e. The number of hydrogen-bond donors (Lipinski definition) is 1. The first kappa shape index (κ1) is 15.0. The van der Waals surface area contributed by atoms with E-state index in [0.717, 1.165) is 35.1 Å². The van der Waals surface area contributed by atoms with Gasteiger partial charge in [-0.05, 0) is 13.3 Å². The number of rotatable bonds is 3. The summed E-state index contributed by atoms with van der Waals surface area (Å²) in [6.07, 6.45) is 5.32. The van der Waals surface area contributed by atoms with Gasteiger partial charge in [0.15, 0.2) is 0 Å². The Morgan fingerprint density at radius 3 is 3.08 bits per heavy atom. The van der Waals surface area contributed by atoms with Gasteiger partial charge >= 0.3 is 0 Å². The lowest BCUT2D eigenvalue weighted by Gasteiger charge is -2.24. The molecule has 0 aliphatic carbocycles. The Kier molecular flexibility index (Phi) is 3.64. The van der Waals surface area contributed by atoms with E-state index < -0.39 is 0 Å². The van der Waals surface area contributed by atoms with Crippen LogP contribution in [0.2, 0.25) is 0 Å². The summed E-state index contributed by atoms with van der Waals surface area (Å²) in [5.41, 5.74) is 1.37. The fourth-order valence-electron chi connectivity index (χ4n) is 2.88. The number of nitrogens with one attached hydrogen (secondary N) is 1. The molecular formula is C15H17N7OS. The van der Waals surface area contributed by atoms with Crippen LogP contribution in [-0.2, 0) is 20.0 Å². The van der Waals surface area contributed by atoms with Crippen molar-refractivity contribution in [1.29, 1.82) is 0 Å². The molecule has 3 aromatic rings. The van der Waals surface area contributed by atoms with Crippen LogP contribution in [0.4, 0.5) is 0 Å². The molecule has 0 radical (unpaired) electrons. The number of aryl methyl sites for hydroxylation is 3. The van der Waals surface area contributed by atoms with E-state index in [1.54, 1.807) is 16.3 Å². The molecule has 3 aromatic heterocycles. The Morgan fingerprint density at radius 2 is 2.29 bits per heavy atom. The van der Waals surface area contributed by atoms with Gasteiger partial charge in [0.2, 0.25) is 0 Å². The summed E-state index contributed by atoms with van der Waals surface area (Å²) in [7, 11) is 1.86. The van der Waals surface area contributed by atoms with E-state index in [9.17, 15) is 4.79 Å². The molecule has 8 nitrogen and oxygen atoms in total. The van der Waals surface area contributed by atoms with Gasteiger partial charge in [0.1, 0.15) is 22.4 Å². The molecule has 0 saturated carbocycles. The molecule has 0 bridgehead atoms. The number of thiazole rings is 1. The second-order valence-corrected chi connectivity index (χ2v) is 6.78. The Morgan fingerprint density at radius 1 is 1.42 bits per heavy atom. The molecule has 1 N–H and O–H groups in total. The quantitative estimate of drug-likeness (QED) is 0.771. The second kappa shape index (κ2) is 5.82. The van der Waals surface area contributed by atoms with Gasteiger partial charge in [0.25, 0.3) is 5.91 Å². The van der Waals surface area contributed by atoms with E-state index in [0.29, 0.717) is 12.2 Å². The third-order valence-corrected chi connectivity index (χ3v) is 5.05. The number of nitrogens with zero attached hydrogens (tertiary/aromatic N) is 6. The van der Waals surface area contributed by atoms with Crippen LogP contribution in [0.15, 0.2) is 17.8 Å². The molecule has 1 aliphatic rings. The summed E-state index contributed by atoms with van der Waals surface area (Å²) in [5.74, 6) is 1.74. The maximum atomic E-state index is 12.5. The highest BCUT2D eigenvalue weighted by Crippen LogP contribution is 2.23. The fourth-order valence-corrected chi connectivity index (χ4v) is 3.66. The molecule has 0 fully saturated rings. The van der Waals surface area contributed by atoms with Crippen LogP contribution in [-0.4, -0.2) is 41.5 Å². The minimum absolute atomic E-state index is 0.0724. The summed E-state index contributed by atoms with van der Waals surface area (Å²) < 4.78 is 3.79. The van der Waals surface area contributed by atoms with E-state index in [4.69, 9.17) is 0 Å². The van der Waals surface area contributed by atoms with Gasteiger partial charge in [-0.2, -0.15) is 5.10 Å². The third-order valence-electron chi connectivity index (χ3n) is 4.16. The number of carbonyl (C=O) groups is 1. The summed E-state index contributed by atoms with van der Waals surface area (Å²) in [5, 5.41) is 18.0. The topological polar surface area (TPSA) is 90.5 Å². The highest BCUT2D eigenvalue weighted by molar-refractivity contribution is 7.13. The molecule has 1 amide bonds. The zero-order chi connectivity index (χ0) is 16.7. The average molecular weight is 343 g/mol. The first-order valence-corrected chi connectivity index (χ1v) is 8.62. The molecule has 0 aromatic carbocycles. The van der Waals surface area contributed by atoms with Gasteiger partial charge in [-0.15, -0.1) is 21.5 Å². The molecule has 0 saturated heterocycles.